The Labute approximate surface area is 182 Å². The molecule has 2 aliphatic heterocycles. The summed E-state index contributed by atoms with van der Waals surface area (Å²) in [5.74, 6) is -1.61. The van der Waals surface area contributed by atoms with Crippen LogP contribution >= 0.6 is 0 Å². The number of hydrogen-bond acceptors (Lipinski definition) is 6. The Balaban J connectivity index is 1.67. The summed E-state index contributed by atoms with van der Waals surface area (Å²) in [4.78, 5) is 26.4. The molecule has 0 unspecified atom stereocenters. The smallest absolute Gasteiger partial charge is 0.309 e. The summed E-state index contributed by atoms with van der Waals surface area (Å²) >= 11 is 0. The number of rotatable bonds is 6. The summed E-state index contributed by atoms with van der Waals surface area (Å²) in [5, 5.41) is 0. The van der Waals surface area contributed by atoms with Crippen LogP contribution in [-0.2, 0) is 24.3 Å². The van der Waals surface area contributed by atoms with Crippen LogP contribution in [0.15, 0.2) is 23.1 Å². The number of sulfonamides is 1. The molecule has 10 heteroatoms. The number of carbonyl (C=O) groups is 2. The number of halogens is 1. The SMILES string of the molecule is CCOC(=O)C1CCN(C(=O)[C@H]2CCCN(S(=O)(=O)c3cc(F)ccc3OC)C2)CC1. The summed E-state index contributed by atoms with van der Waals surface area (Å²) in [6.07, 6.45) is 2.20. The maximum Gasteiger partial charge on any atom is 0.309 e. The fraction of sp³-hybridized carbons (Fsp3) is 0.619. The second-order valence-corrected chi connectivity index (χ2v) is 9.76. The lowest BCUT2D eigenvalue weighted by Gasteiger charge is -2.37. The summed E-state index contributed by atoms with van der Waals surface area (Å²) in [7, 11) is -2.69. The predicted molar refractivity (Wildman–Crippen MR) is 110 cm³/mol. The minimum atomic E-state index is -4.01. The molecular formula is C21H29FN2O6S. The average molecular weight is 457 g/mol. The van der Waals surface area contributed by atoms with Crippen molar-refractivity contribution in [2.24, 2.45) is 11.8 Å². The first-order chi connectivity index (χ1) is 14.8. The number of piperidine rings is 2. The topological polar surface area (TPSA) is 93.2 Å². The third-order valence-electron chi connectivity index (χ3n) is 5.90. The number of hydrogen-bond donors (Lipinski definition) is 0. The van der Waals surface area contributed by atoms with E-state index >= 15 is 0 Å². The Morgan fingerprint density at radius 1 is 1.13 bits per heavy atom. The largest absolute Gasteiger partial charge is 0.495 e. The lowest BCUT2D eigenvalue weighted by molar-refractivity contribution is -0.152. The highest BCUT2D eigenvalue weighted by Gasteiger charge is 2.38. The van der Waals surface area contributed by atoms with Gasteiger partial charge in [-0.15, -0.1) is 0 Å². The normalized spacial score (nSPS) is 21.0. The molecule has 0 aromatic heterocycles. The van der Waals surface area contributed by atoms with Gasteiger partial charge in [-0.2, -0.15) is 4.31 Å². The molecule has 0 N–H and O–H groups in total. The maximum atomic E-state index is 13.7. The monoisotopic (exact) mass is 456 g/mol. The van der Waals surface area contributed by atoms with Crippen LogP contribution < -0.4 is 4.74 Å². The fourth-order valence-electron chi connectivity index (χ4n) is 4.21. The predicted octanol–water partition coefficient (Wildman–Crippen LogP) is 2.04. The van der Waals surface area contributed by atoms with Gasteiger partial charge in [0.2, 0.25) is 15.9 Å². The van der Waals surface area contributed by atoms with E-state index in [1.54, 1.807) is 11.8 Å². The average Bonchev–Trinajstić information content (AvgIpc) is 2.79. The van der Waals surface area contributed by atoms with Crippen LogP contribution in [0.3, 0.4) is 0 Å². The van der Waals surface area contributed by atoms with E-state index in [9.17, 15) is 22.4 Å². The van der Waals surface area contributed by atoms with Gasteiger partial charge in [-0.3, -0.25) is 9.59 Å². The van der Waals surface area contributed by atoms with E-state index in [0.717, 1.165) is 12.1 Å². The van der Waals surface area contributed by atoms with Gasteiger partial charge >= 0.3 is 5.97 Å². The van der Waals surface area contributed by atoms with Crippen molar-refractivity contribution >= 4 is 21.9 Å². The quantitative estimate of drug-likeness (QED) is 0.608. The number of esters is 1. The molecule has 1 aromatic rings. The third-order valence-corrected chi connectivity index (χ3v) is 7.79. The molecule has 0 saturated carbocycles. The molecule has 2 heterocycles. The second-order valence-electron chi connectivity index (χ2n) is 7.85. The first-order valence-corrected chi connectivity index (χ1v) is 12.0. The maximum absolute atomic E-state index is 13.7. The van der Waals surface area contributed by atoms with Crippen molar-refractivity contribution in [3.05, 3.63) is 24.0 Å². The van der Waals surface area contributed by atoms with Gasteiger partial charge in [0.05, 0.1) is 25.6 Å². The van der Waals surface area contributed by atoms with Crippen molar-refractivity contribution in [2.45, 2.75) is 37.5 Å². The highest BCUT2D eigenvalue weighted by atomic mass is 32.2. The number of methoxy groups -OCH3 is 1. The van der Waals surface area contributed by atoms with E-state index in [0.29, 0.717) is 45.4 Å². The van der Waals surface area contributed by atoms with Gasteiger partial charge < -0.3 is 14.4 Å². The minimum Gasteiger partial charge on any atom is -0.495 e. The van der Waals surface area contributed by atoms with Crippen molar-refractivity contribution in [3.8, 4) is 5.75 Å². The van der Waals surface area contributed by atoms with Crippen molar-refractivity contribution < 1.29 is 31.9 Å². The van der Waals surface area contributed by atoms with Crippen LogP contribution in [0.25, 0.3) is 0 Å². The van der Waals surface area contributed by atoms with Crippen LogP contribution in [0.1, 0.15) is 32.6 Å². The van der Waals surface area contributed by atoms with E-state index in [1.165, 1.54) is 17.5 Å². The molecule has 1 atom stereocenters. The van der Waals surface area contributed by atoms with Crippen molar-refractivity contribution in [3.63, 3.8) is 0 Å². The summed E-state index contributed by atoms with van der Waals surface area (Å²) < 4.78 is 51.4. The molecule has 0 spiro atoms. The number of carbonyl (C=O) groups excluding carboxylic acids is 2. The first kappa shape index (κ1) is 23.5. The molecule has 0 aliphatic carbocycles. The second kappa shape index (κ2) is 9.95. The molecule has 0 radical (unpaired) electrons. The minimum absolute atomic E-state index is 0.0403. The highest BCUT2D eigenvalue weighted by Crippen LogP contribution is 2.31. The number of likely N-dealkylation sites (tertiary alicyclic amines) is 1. The van der Waals surface area contributed by atoms with E-state index in [4.69, 9.17) is 9.47 Å². The molecule has 1 amide bonds. The zero-order chi connectivity index (χ0) is 22.6. The van der Waals surface area contributed by atoms with Crippen LogP contribution in [0.4, 0.5) is 4.39 Å². The lowest BCUT2D eigenvalue weighted by Crippen LogP contribution is -2.49. The number of benzene rings is 1. The number of nitrogens with zero attached hydrogens (tertiary/aromatic N) is 2. The number of amides is 1. The number of ether oxygens (including phenoxy) is 2. The van der Waals surface area contributed by atoms with Crippen molar-refractivity contribution in [2.75, 3.05) is 39.9 Å². The van der Waals surface area contributed by atoms with E-state index < -0.39 is 21.8 Å². The van der Waals surface area contributed by atoms with Crippen LogP contribution in [0.5, 0.6) is 5.75 Å². The van der Waals surface area contributed by atoms with Crippen LogP contribution in [-0.4, -0.2) is 69.4 Å². The molecule has 8 nitrogen and oxygen atoms in total. The van der Waals surface area contributed by atoms with E-state index in [-0.39, 0.29) is 41.5 Å². The Hall–Kier alpha value is -2.20. The molecule has 3 rings (SSSR count). The van der Waals surface area contributed by atoms with Gasteiger partial charge in [0.25, 0.3) is 0 Å². The van der Waals surface area contributed by atoms with Crippen molar-refractivity contribution in [1.82, 2.24) is 9.21 Å². The van der Waals surface area contributed by atoms with Gasteiger partial charge in [0.1, 0.15) is 16.5 Å². The standard InChI is InChI=1S/C21H29FN2O6S/c1-3-30-21(26)15-8-11-23(12-9-15)20(25)16-5-4-10-24(14-16)31(27,28)19-13-17(22)6-7-18(19)29-2/h6-7,13,15-16H,3-5,8-12,14H2,1-2H3/t16-/m0/s1. The van der Waals surface area contributed by atoms with E-state index in [2.05, 4.69) is 0 Å². The van der Waals surface area contributed by atoms with Gasteiger partial charge in [-0.25, -0.2) is 12.8 Å². The lowest BCUT2D eigenvalue weighted by atomic mass is 9.93. The zero-order valence-electron chi connectivity index (χ0n) is 17.9. The Morgan fingerprint density at radius 2 is 1.84 bits per heavy atom. The Bertz CT molecular complexity index is 914. The zero-order valence-corrected chi connectivity index (χ0v) is 18.7. The van der Waals surface area contributed by atoms with E-state index in [1.807, 2.05) is 0 Å². The molecule has 31 heavy (non-hydrogen) atoms. The van der Waals surface area contributed by atoms with Gasteiger partial charge in [0.15, 0.2) is 0 Å². The molecular weight excluding hydrogens is 427 g/mol. The highest BCUT2D eigenvalue weighted by molar-refractivity contribution is 7.89. The van der Waals surface area contributed by atoms with Crippen LogP contribution in [0.2, 0.25) is 0 Å². The Morgan fingerprint density at radius 3 is 2.48 bits per heavy atom. The first-order valence-electron chi connectivity index (χ1n) is 10.6. The molecule has 2 saturated heterocycles. The van der Waals surface area contributed by atoms with Crippen molar-refractivity contribution in [1.29, 1.82) is 0 Å². The third kappa shape index (κ3) is 5.17. The van der Waals surface area contributed by atoms with Crippen LogP contribution in [0, 0.1) is 17.7 Å². The summed E-state index contributed by atoms with van der Waals surface area (Å²) in [5.41, 5.74) is 0. The molecule has 1 aromatic carbocycles. The molecule has 2 fully saturated rings. The van der Waals surface area contributed by atoms with Gasteiger partial charge in [-0.1, -0.05) is 0 Å². The molecule has 2 aliphatic rings. The summed E-state index contributed by atoms with van der Waals surface area (Å²) in [6.45, 7) is 3.29. The van der Waals surface area contributed by atoms with Gasteiger partial charge in [-0.05, 0) is 50.8 Å². The summed E-state index contributed by atoms with van der Waals surface area (Å²) in [6, 6.07) is 3.36. The fourth-order valence-corrected chi connectivity index (χ4v) is 5.90. The Kier molecular flexibility index (Phi) is 7.53. The molecule has 172 valence electrons. The van der Waals surface area contributed by atoms with Gasteiger partial charge in [0, 0.05) is 26.2 Å². The molecule has 0 bridgehead atoms.